The Morgan fingerprint density at radius 1 is 1.31 bits per heavy atom. The summed E-state index contributed by atoms with van der Waals surface area (Å²) >= 11 is 0. The maximum Gasteiger partial charge on any atom is 0.223 e. The third-order valence-corrected chi connectivity index (χ3v) is 4.79. The van der Waals surface area contributed by atoms with Gasteiger partial charge in [0.05, 0.1) is 6.61 Å². The molecule has 3 rings (SSSR count). The molecule has 2 N–H and O–H groups in total. The van der Waals surface area contributed by atoms with Crippen molar-refractivity contribution in [3.05, 3.63) is 29.3 Å². The zero-order valence-electron chi connectivity index (χ0n) is 15.8. The van der Waals surface area contributed by atoms with E-state index < -0.39 is 36.4 Å². The fraction of sp³-hybridized carbons (Fsp3) is 0.632. The minimum Gasteiger partial charge on any atom is -0.463 e. The quantitative estimate of drug-likeness (QED) is 0.843. The molecule has 2 aliphatic heterocycles. The monoisotopic (exact) mass is 365 g/mol. The molecule has 0 bridgehead atoms. The summed E-state index contributed by atoms with van der Waals surface area (Å²) in [6, 6.07) is 4.93. The van der Waals surface area contributed by atoms with Crippen LogP contribution in [0.25, 0.3) is 0 Å². The van der Waals surface area contributed by atoms with E-state index in [0.29, 0.717) is 5.75 Å². The lowest BCUT2D eigenvalue weighted by Gasteiger charge is -2.49. The standard InChI is InChI=1S/C19H27NO6/c1-10-6-7-13(8-11(10)2)24-18-15(20-12(3)21)16(22)17-14(25-18)9-23-19(4,5)26-17/h6-8,14-18,22H,9H2,1-5H3,(H,20,21)/t14-,15-,16-,17-,18-/m1/s1. The molecular weight excluding hydrogens is 338 g/mol. The highest BCUT2D eigenvalue weighted by Gasteiger charge is 2.52. The van der Waals surface area contributed by atoms with E-state index in [0.717, 1.165) is 11.1 Å². The van der Waals surface area contributed by atoms with Gasteiger partial charge in [-0.2, -0.15) is 0 Å². The van der Waals surface area contributed by atoms with Crippen molar-refractivity contribution in [1.29, 1.82) is 0 Å². The van der Waals surface area contributed by atoms with E-state index >= 15 is 0 Å². The molecule has 5 atom stereocenters. The number of carbonyl (C=O) groups is 1. The number of hydrogen-bond donors (Lipinski definition) is 2. The van der Waals surface area contributed by atoms with E-state index in [1.54, 1.807) is 13.8 Å². The fourth-order valence-corrected chi connectivity index (χ4v) is 3.25. The second-order valence-electron chi connectivity index (χ2n) is 7.42. The van der Waals surface area contributed by atoms with Crippen LogP contribution in [0.3, 0.4) is 0 Å². The van der Waals surface area contributed by atoms with Crippen LogP contribution in [0.5, 0.6) is 5.75 Å². The first kappa shape index (κ1) is 19.1. The number of aliphatic hydroxyl groups excluding tert-OH is 1. The molecule has 144 valence electrons. The molecule has 7 nitrogen and oxygen atoms in total. The van der Waals surface area contributed by atoms with Crippen LogP contribution in [0, 0.1) is 13.8 Å². The van der Waals surface area contributed by atoms with Crippen LogP contribution in [0.2, 0.25) is 0 Å². The maximum atomic E-state index is 11.6. The number of aryl methyl sites for hydroxylation is 2. The van der Waals surface area contributed by atoms with E-state index in [2.05, 4.69) is 5.32 Å². The Bertz CT molecular complexity index is 676. The summed E-state index contributed by atoms with van der Waals surface area (Å²) in [7, 11) is 0. The summed E-state index contributed by atoms with van der Waals surface area (Å²) in [5, 5.41) is 13.6. The van der Waals surface area contributed by atoms with E-state index in [9.17, 15) is 9.90 Å². The van der Waals surface area contributed by atoms with Crippen LogP contribution in [-0.4, -0.2) is 54.1 Å². The lowest BCUT2D eigenvalue weighted by atomic mass is 9.95. The number of amides is 1. The summed E-state index contributed by atoms with van der Waals surface area (Å²) in [6.45, 7) is 9.23. The van der Waals surface area contributed by atoms with Crippen molar-refractivity contribution in [2.75, 3.05) is 6.61 Å². The Balaban J connectivity index is 1.83. The van der Waals surface area contributed by atoms with Gasteiger partial charge in [0.25, 0.3) is 0 Å². The predicted molar refractivity (Wildman–Crippen MR) is 93.7 cm³/mol. The van der Waals surface area contributed by atoms with Crippen LogP contribution in [0.15, 0.2) is 18.2 Å². The van der Waals surface area contributed by atoms with E-state index in [4.69, 9.17) is 18.9 Å². The van der Waals surface area contributed by atoms with Gasteiger partial charge < -0.3 is 29.4 Å². The van der Waals surface area contributed by atoms with Crippen LogP contribution < -0.4 is 10.1 Å². The topological polar surface area (TPSA) is 86.3 Å². The second kappa shape index (κ2) is 7.15. The summed E-state index contributed by atoms with van der Waals surface area (Å²) in [4.78, 5) is 11.6. The highest BCUT2D eigenvalue weighted by molar-refractivity contribution is 5.73. The molecular formula is C19H27NO6. The number of hydrogen-bond acceptors (Lipinski definition) is 6. The van der Waals surface area contributed by atoms with Gasteiger partial charge in [-0.3, -0.25) is 4.79 Å². The minimum atomic E-state index is -0.989. The molecule has 2 saturated heterocycles. The molecule has 0 radical (unpaired) electrons. The third-order valence-electron chi connectivity index (χ3n) is 4.79. The van der Waals surface area contributed by atoms with Gasteiger partial charge >= 0.3 is 0 Å². The lowest BCUT2D eigenvalue weighted by Crippen LogP contribution is -2.69. The molecule has 1 aromatic carbocycles. The second-order valence-corrected chi connectivity index (χ2v) is 7.42. The molecule has 0 aromatic heterocycles. The number of ether oxygens (including phenoxy) is 4. The number of fused-ring (bicyclic) bond motifs is 1. The van der Waals surface area contributed by atoms with Gasteiger partial charge in [0.15, 0.2) is 5.79 Å². The Morgan fingerprint density at radius 2 is 2.04 bits per heavy atom. The molecule has 2 aliphatic rings. The third kappa shape index (κ3) is 4.01. The van der Waals surface area contributed by atoms with E-state index in [1.165, 1.54) is 6.92 Å². The van der Waals surface area contributed by atoms with Crippen molar-refractivity contribution in [2.24, 2.45) is 0 Å². The summed E-state index contributed by atoms with van der Waals surface area (Å²) in [6.07, 6.45) is -2.95. The molecule has 1 aromatic rings. The Kier molecular flexibility index (Phi) is 5.25. The molecule has 7 heteroatoms. The normalized spacial score (nSPS) is 33.2. The van der Waals surface area contributed by atoms with Gasteiger partial charge in [-0.1, -0.05) is 6.07 Å². The van der Waals surface area contributed by atoms with Gasteiger partial charge in [0.2, 0.25) is 12.2 Å². The van der Waals surface area contributed by atoms with Gasteiger partial charge in [-0.25, -0.2) is 0 Å². The summed E-state index contributed by atoms with van der Waals surface area (Å²) in [5.74, 6) is -0.498. The number of rotatable bonds is 3. The average Bonchev–Trinajstić information content (AvgIpc) is 2.55. The Morgan fingerprint density at radius 3 is 2.69 bits per heavy atom. The average molecular weight is 365 g/mol. The first-order valence-electron chi connectivity index (χ1n) is 8.82. The largest absolute Gasteiger partial charge is 0.463 e. The van der Waals surface area contributed by atoms with Gasteiger partial charge in [0, 0.05) is 6.92 Å². The fourth-order valence-electron chi connectivity index (χ4n) is 3.25. The van der Waals surface area contributed by atoms with Gasteiger partial charge in [-0.15, -0.1) is 0 Å². The zero-order valence-corrected chi connectivity index (χ0v) is 15.8. The van der Waals surface area contributed by atoms with E-state index in [1.807, 2.05) is 32.0 Å². The van der Waals surface area contributed by atoms with Gasteiger partial charge in [-0.05, 0) is 51.0 Å². The number of benzene rings is 1. The molecule has 2 fully saturated rings. The van der Waals surface area contributed by atoms with Crippen molar-refractivity contribution >= 4 is 5.91 Å². The van der Waals surface area contributed by atoms with Crippen molar-refractivity contribution < 1.29 is 28.8 Å². The molecule has 2 heterocycles. The first-order valence-corrected chi connectivity index (χ1v) is 8.82. The van der Waals surface area contributed by atoms with Crippen molar-refractivity contribution in [3.8, 4) is 5.75 Å². The first-order chi connectivity index (χ1) is 12.2. The van der Waals surface area contributed by atoms with Crippen LogP contribution >= 0.6 is 0 Å². The smallest absolute Gasteiger partial charge is 0.223 e. The number of carbonyl (C=O) groups excluding carboxylic acids is 1. The summed E-state index contributed by atoms with van der Waals surface area (Å²) in [5.41, 5.74) is 2.23. The molecule has 0 unspecified atom stereocenters. The van der Waals surface area contributed by atoms with Crippen molar-refractivity contribution in [2.45, 2.75) is 71.0 Å². The van der Waals surface area contributed by atoms with Crippen LogP contribution in [0.4, 0.5) is 0 Å². The number of nitrogens with one attached hydrogen (secondary N) is 1. The molecule has 1 amide bonds. The van der Waals surface area contributed by atoms with E-state index in [-0.39, 0.29) is 12.5 Å². The Hall–Kier alpha value is -1.67. The van der Waals surface area contributed by atoms with Crippen molar-refractivity contribution in [3.63, 3.8) is 0 Å². The predicted octanol–water partition coefficient (Wildman–Crippen LogP) is 1.42. The van der Waals surface area contributed by atoms with Crippen LogP contribution in [-0.2, 0) is 19.0 Å². The molecule has 0 spiro atoms. The van der Waals surface area contributed by atoms with Crippen molar-refractivity contribution in [1.82, 2.24) is 5.32 Å². The number of aliphatic hydroxyl groups is 1. The maximum absolute atomic E-state index is 11.6. The lowest BCUT2D eigenvalue weighted by molar-refractivity contribution is -0.361. The van der Waals surface area contributed by atoms with Crippen LogP contribution in [0.1, 0.15) is 31.9 Å². The van der Waals surface area contributed by atoms with Gasteiger partial charge in [0.1, 0.15) is 30.1 Å². The minimum absolute atomic E-state index is 0.272. The molecule has 0 aliphatic carbocycles. The Labute approximate surface area is 153 Å². The highest BCUT2D eigenvalue weighted by atomic mass is 16.8. The molecule has 26 heavy (non-hydrogen) atoms. The summed E-state index contributed by atoms with van der Waals surface area (Å²) < 4.78 is 23.4. The highest BCUT2D eigenvalue weighted by Crippen LogP contribution is 2.33. The zero-order chi connectivity index (χ0) is 19.1. The molecule has 0 saturated carbocycles. The SMILES string of the molecule is CC(=O)N[C@H]1[C@H](Oc2ccc(C)c(C)c2)O[C@@H]2COC(C)(C)O[C@H]2[C@@H]1O.